The van der Waals surface area contributed by atoms with Crippen LogP contribution in [0.2, 0.25) is 5.15 Å². The van der Waals surface area contributed by atoms with E-state index < -0.39 is 0 Å². The zero-order valence-electron chi connectivity index (χ0n) is 10.7. The number of methoxy groups -OCH3 is 1. The Morgan fingerprint density at radius 2 is 2.17 bits per heavy atom. The van der Waals surface area contributed by atoms with Gasteiger partial charge in [-0.2, -0.15) is 11.8 Å². The molecule has 0 aromatic carbocycles. The molecule has 0 aliphatic carbocycles. The first kappa shape index (κ1) is 14.4. The second-order valence-corrected chi connectivity index (χ2v) is 7.72. The van der Waals surface area contributed by atoms with E-state index in [1.165, 1.54) is 0 Å². The minimum atomic E-state index is 0.329. The van der Waals surface area contributed by atoms with Crippen LogP contribution in [-0.2, 0) is 11.3 Å². The summed E-state index contributed by atoms with van der Waals surface area (Å²) in [7, 11) is 1.66. The molecule has 18 heavy (non-hydrogen) atoms. The topological polar surface area (TPSA) is 35.0 Å². The maximum absolute atomic E-state index is 6.05. The van der Waals surface area contributed by atoms with Crippen molar-refractivity contribution < 1.29 is 4.74 Å². The van der Waals surface area contributed by atoms with Gasteiger partial charge < -0.3 is 4.74 Å². The van der Waals surface area contributed by atoms with E-state index in [9.17, 15) is 0 Å². The van der Waals surface area contributed by atoms with Crippen molar-refractivity contribution in [3.63, 3.8) is 0 Å². The fourth-order valence-electron chi connectivity index (χ4n) is 1.77. The van der Waals surface area contributed by atoms with Gasteiger partial charge in [0.05, 0.1) is 17.6 Å². The summed E-state index contributed by atoms with van der Waals surface area (Å²) in [4.78, 5) is 8.92. The van der Waals surface area contributed by atoms with E-state index in [4.69, 9.17) is 16.3 Å². The van der Waals surface area contributed by atoms with Crippen LogP contribution in [0.5, 0.6) is 0 Å². The monoisotopic (exact) mass is 304 g/mol. The molecule has 100 valence electrons. The molecule has 3 nitrogen and oxygen atoms in total. The van der Waals surface area contributed by atoms with Crippen molar-refractivity contribution in [1.29, 1.82) is 0 Å². The number of nitrogens with zero attached hydrogens (tertiary/aromatic N) is 2. The molecule has 0 N–H and O–H groups in total. The predicted molar refractivity (Wildman–Crippen MR) is 79.5 cm³/mol. The Morgan fingerprint density at radius 3 is 2.83 bits per heavy atom. The highest BCUT2D eigenvalue weighted by atomic mass is 35.5. The van der Waals surface area contributed by atoms with Gasteiger partial charge in [-0.05, 0) is 6.07 Å². The summed E-state index contributed by atoms with van der Waals surface area (Å²) in [5, 5.41) is 2.13. The number of ether oxygens (including phenoxy) is 1. The molecule has 0 spiro atoms. The van der Waals surface area contributed by atoms with E-state index in [0.29, 0.717) is 27.5 Å². The van der Waals surface area contributed by atoms with E-state index in [2.05, 4.69) is 23.8 Å². The standard InChI is InChI=1S/C12H17ClN2OS2/c1-7-8(2)18-10(6-17-7)12-14-9(5-16-3)4-11(13)15-12/h4,7-8,10H,5-6H2,1-3H3. The first-order valence-electron chi connectivity index (χ1n) is 5.89. The molecular formula is C12H17ClN2OS2. The largest absolute Gasteiger partial charge is 0.378 e. The smallest absolute Gasteiger partial charge is 0.144 e. The summed E-state index contributed by atoms with van der Waals surface area (Å²) in [5.41, 5.74) is 0.851. The van der Waals surface area contributed by atoms with Crippen molar-refractivity contribution in [2.45, 2.75) is 36.2 Å². The first-order chi connectivity index (χ1) is 8.60. The fourth-order valence-corrected chi connectivity index (χ4v) is 4.82. The Kier molecular flexibility index (Phi) is 5.18. The molecule has 0 amide bonds. The molecule has 1 aromatic heterocycles. The molecule has 1 saturated heterocycles. The summed E-state index contributed by atoms with van der Waals surface area (Å²) >= 11 is 9.96. The van der Waals surface area contributed by atoms with Gasteiger partial charge in [0.2, 0.25) is 0 Å². The lowest BCUT2D eigenvalue weighted by atomic mass is 10.3. The quantitative estimate of drug-likeness (QED) is 0.798. The highest BCUT2D eigenvalue weighted by Crippen LogP contribution is 2.43. The average Bonchev–Trinajstić information content (AvgIpc) is 2.32. The molecule has 1 aliphatic rings. The van der Waals surface area contributed by atoms with E-state index >= 15 is 0 Å². The Hall–Kier alpha value is 0.0300. The van der Waals surface area contributed by atoms with Crippen LogP contribution in [0.3, 0.4) is 0 Å². The number of halogens is 1. The van der Waals surface area contributed by atoms with Crippen LogP contribution in [-0.4, -0.2) is 33.3 Å². The number of rotatable bonds is 3. The van der Waals surface area contributed by atoms with E-state index in [1.54, 1.807) is 13.2 Å². The molecule has 2 rings (SSSR count). The van der Waals surface area contributed by atoms with Crippen molar-refractivity contribution >= 4 is 35.1 Å². The third-order valence-electron chi connectivity index (χ3n) is 2.90. The number of aromatic nitrogens is 2. The van der Waals surface area contributed by atoms with Crippen LogP contribution in [0.1, 0.15) is 30.6 Å². The molecule has 0 bridgehead atoms. The Morgan fingerprint density at radius 1 is 1.39 bits per heavy atom. The Balaban J connectivity index is 2.17. The van der Waals surface area contributed by atoms with Crippen molar-refractivity contribution in [1.82, 2.24) is 9.97 Å². The maximum Gasteiger partial charge on any atom is 0.144 e. The van der Waals surface area contributed by atoms with Crippen LogP contribution in [0.4, 0.5) is 0 Å². The number of thioether (sulfide) groups is 2. The van der Waals surface area contributed by atoms with Crippen molar-refractivity contribution in [2.75, 3.05) is 12.9 Å². The highest BCUT2D eigenvalue weighted by molar-refractivity contribution is 8.07. The van der Waals surface area contributed by atoms with Crippen molar-refractivity contribution in [2.24, 2.45) is 0 Å². The van der Waals surface area contributed by atoms with Crippen LogP contribution in [0.25, 0.3) is 0 Å². The average molecular weight is 305 g/mol. The summed E-state index contributed by atoms with van der Waals surface area (Å²) < 4.78 is 5.10. The molecule has 1 aromatic rings. The predicted octanol–water partition coefficient (Wildman–Crippen LogP) is 3.57. The highest BCUT2D eigenvalue weighted by Gasteiger charge is 2.28. The molecule has 6 heteroatoms. The van der Waals surface area contributed by atoms with Gasteiger partial charge in [0.1, 0.15) is 11.0 Å². The minimum absolute atomic E-state index is 0.329. The molecule has 0 radical (unpaired) electrons. The van der Waals surface area contributed by atoms with Gasteiger partial charge >= 0.3 is 0 Å². The van der Waals surface area contributed by atoms with E-state index in [1.807, 2.05) is 23.5 Å². The lowest BCUT2D eigenvalue weighted by molar-refractivity contribution is 0.181. The van der Waals surface area contributed by atoms with Gasteiger partial charge in [0.25, 0.3) is 0 Å². The van der Waals surface area contributed by atoms with Gasteiger partial charge in [0, 0.05) is 23.4 Å². The Bertz CT molecular complexity index is 419. The lowest BCUT2D eigenvalue weighted by Crippen LogP contribution is -2.23. The molecule has 0 saturated carbocycles. The Labute approximate surface area is 121 Å². The molecular weight excluding hydrogens is 288 g/mol. The summed E-state index contributed by atoms with van der Waals surface area (Å²) in [6, 6.07) is 1.77. The third-order valence-corrected chi connectivity index (χ3v) is 6.48. The van der Waals surface area contributed by atoms with E-state index in [-0.39, 0.29) is 0 Å². The van der Waals surface area contributed by atoms with Gasteiger partial charge in [-0.3, -0.25) is 0 Å². The van der Waals surface area contributed by atoms with Crippen LogP contribution in [0, 0.1) is 0 Å². The maximum atomic E-state index is 6.05. The van der Waals surface area contributed by atoms with Crippen LogP contribution < -0.4 is 0 Å². The zero-order chi connectivity index (χ0) is 13.1. The van der Waals surface area contributed by atoms with Crippen molar-refractivity contribution in [3.05, 3.63) is 22.7 Å². The zero-order valence-corrected chi connectivity index (χ0v) is 13.1. The molecule has 1 fully saturated rings. The lowest BCUT2D eigenvalue weighted by Gasteiger charge is -2.30. The minimum Gasteiger partial charge on any atom is -0.378 e. The summed E-state index contributed by atoms with van der Waals surface area (Å²) in [6.45, 7) is 5.01. The van der Waals surface area contributed by atoms with Gasteiger partial charge in [-0.15, -0.1) is 11.8 Å². The van der Waals surface area contributed by atoms with Gasteiger partial charge in [0.15, 0.2) is 0 Å². The SMILES string of the molecule is COCc1cc(Cl)nc(C2CSC(C)C(C)S2)n1. The second-order valence-electron chi connectivity index (χ2n) is 4.34. The van der Waals surface area contributed by atoms with Gasteiger partial charge in [-0.1, -0.05) is 25.4 Å². The second kappa shape index (κ2) is 6.46. The molecule has 3 unspecified atom stereocenters. The molecule has 1 aliphatic heterocycles. The van der Waals surface area contributed by atoms with Gasteiger partial charge in [-0.25, -0.2) is 9.97 Å². The van der Waals surface area contributed by atoms with Crippen molar-refractivity contribution in [3.8, 4) is 0 Å². The number of hydrogen-bond donors (Lipinski definition) is 0. The number of hydrogen-bond acceptors (Lipinski definition) is 5. The third kappa shape index (κ3) is 3.53. The van der Waals surface area contributed by atoms with Crippen LogP contribution >= 0.6 is 35.1 Å². The van der Waals surface area contributed by atoms with Crippen LogP contribution in [0.15, 0.2) is 6.07 Å². The van der Waals surface area contributed by atoms with E-state index in [0.717, 1.165) is 17.3 Å². The normalized spacial score (nSPS) is 28.3. The fraction of sp³-hybridized carbons (Fsp3) is 0.667. The first-order valence-corrected chi connectivity index (χ1v) is 8.26. The molecule has 3 atom stereocenters. The summed E-state index contributed by atoms with van der Waals surface area (Å²) in [6.07, 6.45) is 0. The molecule has 2 heterocycles. The summed E-state index contributed by atoms with van der Waals surface area (Å²) in [5.74, 6) is 1.88.